The van der Waals surface area contributed by atoms with Crippen LogP contribution in [-0.4, -0.2) is 53.2 Å². The zero-order chi connectivity index (χ0) is 17.8. The molecule has 2 heterocycles. The van der Waals surface area contributed by atoms with E-state index in [1.165, 1.54) is 11.8 Å². The number of hydrogen-bond acceptors (Lipinski definition) is 4. The molecule has 25 heavy (non-hydrogen) atoms. The highest BCUT2D eigenvalue weighted by Crippen LogP contribution is 2.35. The van der Waals surface area contributed by atoms with Crippen molar-refractivity contribution < 1.29 is 19.5 Å². The van der Waals surface area contributed by atoms with E-state index in [2.05, 4.69) is 0 Å². The first-order valence-electron chi connectivity index (χ1n) is 8.56. The summed E-state index contributed by atoms with van der Waals surface area (Å²) < 4.78 is 0. The largest absolute Gasteiger partial charge is 0.481 e. The SMILES string of the molecule is O=C(O)CCC1CCCN(C(=O)CN2C(=O)CSc3ccccc32)C1. The molecule has 7 heteroatoms. The molecule has 0 aliphatic carbocycles. The quantitative estimate of drug-likeness (QED) is 0.869. The molecule has 1 aromatic carbocycles. The minimum absolute atomic E-state index is 0.0449. The summed E-state index contributed by atoms with van der Waals surface area (Å²) in [6, 6.07) is 7.64. The van der Waals surface area contributed by atoms with Crippen molar-refractivity contribution in [1.82, 2.24) is 4.90 Å². The molecule has 1 N–H and O–H groups in total. The lowest BCUT2D eigenvalue weighted by molar-refractivity contribution is -0.137. The molecule has 2 aliphatic heterocycles. The molecule has 0 aromatic heterocycles. The summed E-state index contributed by atoms with van der Waals surface area (Å²) in [5, 5.41) is 8.83. The third kappa shape index (κ3) is 4.34. The Kier molecular flexibility index (Phi) is 5.63. The summed E-state index contributed by atoms with van der Waals surface area (Å²) in [6.07, 6.45) is 2.58. The maximum atomic E-state index is 12.7. The molecule has 0 radical (unpaired) electrons. The summed E-state index contributed by atoms with van der Waals surface area (Å²) in [7, 11) is 0. The van der Waals surface area contributed by atoms with Gasteiger partial charge in [-0.3, -0.25) is 14.4 Å². The van der Waals surface area contributed by atoms with Crippen molar-refractivity contribution in [3.05, 3.63) is 24.3 Å². The van der Waals surface area contributed by atoms with Crippen LogP contribution in [0.5, 0.6) is 0 Å². The highest BCUT2D eigenvalue weighted by atomic mass is 32.2. The molecule has 1 saturated heterocycles. The van der Waals surface area contributed by atoms with E-state index < -0.39 is 5.97 Å². The number of benzene rings is 1. The number of carboxylic acids is 1. The molecule has 0 spiro atoms. The lowest BCUT2D eigenvalue weighted by atomic mass is 9.93. The summed E-state index contributed by atoms with van der Waals surface area (Å²) >= 11 is 1.50. The fourth-order valence-corrected chi connectivity index (χ4v) is 4.35. The van der Waals surface area contributed by atoms with Gasteiger partial charge in [-0.15, -0.1) is 11.8 Å². The first-order valence-corrected chi connectivity index (χ1v) is 9.55. The Morgan fingerprint density at radius 1 is 1.28 bits per heavy atom. The Labute approximate surface area is 151 Å². The zero-order valence-electron chi connectivity index (χ0n) is 14.0. The average molecular weight is 362 g/mol. The molecular weight excluding hydrogens is 340 g/mol. The van der Waals surface area contributed by atoms with Crippen LogP contribution in [0.4, 0.5) is 5.69 Å². The molecule has 134 valence electrons. The Bertz CT molecular complexity index is 679. The molecular formula is C18H22N2O4S. The standard InChI is InChI=1S/C18H22N2O4S/c21-16(19-9-3-4-13(10-19)7-8-18(23)24)11-20-14-5-1-2-6-15(14)25-12-17(20)22/h1-2,5-6,13H,3-4,7-12H2,(H,23,24). The monoisotopic (exact) mass is 362 g/mol. The van der Waals surface area contributed by atoms with E-state index in [0.717, 1.165) is 23.4 Å². The predicted molar refractivity (Wildman–Crippen MR) is 95.7 cm³/mol. The smallest absolute Gasteiger partial charge is 0.303 e. The second-order valence-corrected chi connectivity index (χ2v) is 7.53. The zero-order valence-corrected chi connectivity index (χ0v) is 14.8. The van der Waals surface area contributed by atoms with Gasteiger partial charge in [-0.25, -0.2) is 0 Å². The molecule has 1 unspecified atom stereocenters. The van der Waals surface area contributed by atoms with Crippen LogP contribution in [0.15, 0.2) is 29.2 Å². The average Bonchev–Trinajstić information content (AvgIpc) is 2.62. The third-order valence-electron chi connectivity index (χ3n) is 4.74. The fraction of sp³-hybridized carbons (Fsp3) is 0.500. The van der Waals surface area contributed by atoms with Crippen LogP contribution in [0.25, 0.3) is 0 Å². The van der Waals surface area contributed by atoms with E-state index in [4.69, 9.17) is 5.11 Å². The van der Waals surface area contributed by atoms with Gasteiger partial charge in [0.15, 0.2) is 0 Å². The number of anilines is 1. The Hall–Kier alpha value is -2.02. The minimum atomic E-state index is -0.795. The van der Waals surface area contributed by atoms with Crippen molar-refractivity contribution in [1.29, 1.82) is 0 Å². The van der Waals surface area contributed by atoms with Gasteiger partial charge in [0.2, 0.25) is 11.8 Å². The van der Waals surface area contributed by atoms with Crippen molar-refractivity contribution in [3.63, 3.8) is 0 Å². The number of piperidine rings is 1. The molecule has 6 nitrogen and oxygen atoms in total. The molecule has 2 aliphatic rings. The summed E-state index contributed by atoms with van der Waals surface area (Å²) in [5.41, 5.74) is 0.802. The normalized spacial score (nSPS) is 20.3. The van der Waals surface area contributed by atoms with Crippen LogP contribution in [-0.2, 0) is 14.4 Å². The summed E-state index contributed by atoms with van der Waals surface area (Å²) in [6.45, 7) is 1.33. The lowest BCUT2D eigenvalue weighted by Crippen LogP contribution is -2.48. The van der Waals surface area contributed by atoms with E-state index in [9.17, 15) is 14.4 Å². The van der Waals surface area contributed by atoms with E-state index in [-0.39, 0.29) is 30.7 Å². The molecule has 0 saturated carbocycles. The number of carbonyl (C=O) groups is 3. The molecule has 2 amide bonds. The number of rotatable bonds is 5. The second-order valence-electron chi connectivity index (χ2n) is 6.52. The fourth-order valence-electron chi connectivity index (χ4n) is 3.42. The van der Waals surface area contributed by atoms with Crippen molar-refractivity contribution in [2.24, 2.45) is 5.92 Å². The van der Waals surface area contributed by atoms with Gasteiger partial charge in [0.25, 0.3) is 0 Å². The highest BCUT2D eigenvalue weighted by molar-refractivity contribution is 8.00. The van der Waals surface area contributed by atoms with E-state index in [0.29, 0.717) is 25.3 Å². The topological polar surface area (TPSA) is 77.9 Å². The maximum Gasteiger partial charge on any atom is 0.303 e. The van der Waals surface area contributed by atoms with Crippen LogP contribution in [0.1, 0.15) is 25.7 Å². The number of aliphatic carboxylic acids is 1. The van der Waals surface area contributed by atoms with Gasteiger partial charge in [0.1, 0.15) is 6.54 Å². The van der Waals surface area contributed by atoms with Gasteiger partial charge in [-0.2, -0.15) is 0 Å². The maximum absolute atomic E-state index is 12.7. The Balaban J connectivity index is 1.63. The van der Waals surface area contributed by atoms with Crippen LogP contribution in [0, 0.1) is 5.92 Å². The van der Waals surface area contributed by atoms with Gasteiger partial charge >= 0.3 is 5.97 Å². The Morgan fingerprint density at radius 3 is 2.88 bits per heavy atom. The molecule has 1 fully saturated rings. The number of carbonyl (C=O) groups excluding carboxylic acids is 2. The van der Waals surface area contributed by atoms with Gasteiger partial charge < -0.3 is 14.9 Å². The summed E-state index contributed by atoms with van der Waals surface area (Å²) in [4.78, 5) is 40.1. The lowest BCUT2D eigenvalue weighted by Gasteiger charge is -2.35. The first-order chi connectivity index (χ1) is 12.0. The van der Waals surface area contributed by atoms with Crippen LogP contribution >= 0.6 is 11.8 Å². The van der Waals surface area contributed by atoms with E-state index in [1.54, 1.807) is 9.80 Å². The number of nitrogens with zero attached hydrogens (tertiary/aromatic N) is 2. The second kappa shape index (κ2) is 7.91. The number of likely N-dealkylation sites (tertiary alicyclic amines) is 1. The van der Waals surface area contributed by atoms with Gasteiger partial charge in [-0.05, 0) is 37.3 Å². The number of thioether (sulfide) groups is 1. The van der Waals surface area contributed by atoms with Gasteiger partial charge in [0.05, 0.1) is 11.4 Å². The third-order valence-corrected chi connectivity index (χ3v) is 5.79. The molecule has 3 rings (SSSR count). The van der Waals surface area contributed by atoms with Crippen molar-refractivity contribution in [2.45, 2.75) is 30.6 Å². The van der Waals surface area contributed by atoms with Gasteiger partial charge in [0, 0.05) is 24.4 Å². The van der Waals surface area contributed by atoms with Crippen molar-refractivity contribution in [3.8, 4) is 0 Å². The number of amides is 2. The van der Waals surface area contributed by atoms with E-state index >= 15 is 0 Å². The highest BCUT2D eigenvalue weighted by Gasteiger charge is 2.30. The number of carboxylic acid groups (broad SMARTS) is 1. The first kappa shape index (κ1) is 17.8. The van der Waals surface area contributed by atoms with Crippen LogP contribution in [0.2, 0.25) is 0 Å². The minimum Gasteiger partial charge on any atom is -0.481 e. The number of fused-ring (bicyclic) bond motifs is 1. The van der Waals surface area contributed by atoms with Gasteiger partial charge in [-0.1, -0.05) is 12.1 Å². The van der Waals surface area contributed by atoms with Crippen molar-refractivity contribution in [2.75, 3.05) is 30.3 Å². The van der Waals surface area contributed by atoms with E-state index in [1.807, 2.05) is 24.3 Å². The molecule has 0 bridgehead atoms. The number of para-hydroxylation sites is 1. The Morgan fingerprint density at radius 2 is 2.08 bits per heavy atom. The summed E-state index contributed by atoms with van der Waals surface area (Å²) in [5.74, 6) is -0.317. The van der Waals surface area contributed by atoms with Crippen LogP contribution < -0.4 is 4.90 Å². The van der Waals surface area contributed by atoms with Crippen molar-refractivity contribution >= 4 is 35.2 Å². The molecule has 1 aromatic rings. The number of hydrogen-bond donors (Lipinski definition) is 1. The van der Waals surface area contributed by atoms with Crippen LogP contribution in [0.3, 0.4) is 0 Å². The predicted octanol–water partition coefficient (Wildman–Crippen LogP) is 2.23. The molecule has 1 atom stereocenters.